The van der Waals surface area contributed by atoms with E-state index in [1.165, 1.54) is 23.4 Å². The largest absolute Gasteiger partial charge is 0.343 e. The van der Waals surface area contributed by atoms with Crippen LogP contribution in [0.4, 0.5) is 4.39 Å². The van der Waals surface area contributed by atoms with E-state index in [0.29, 0.717) is 0 Å². The SMILES string of the molecule is Fc1ccc(-c2ccnc3[nH]c4c(c23)CNCC4)cc1. The monoisotopic (exact) mass is 267 g/mol. The minimum Gasteiger partial charge on any atom is -0.343 e. The lowest BCUT2D eigenvalue weighted by molar-refractivity contribution is 0.628. The fraction of sp³-hybridized carbons (Fsp3) is 0.188. The lowest BCUT2D eigenvalue weighted by Crippen LogP contribution is -2.22. The summed E-state index contributed by atoms with van der Waals surface area (Å²) in [5.74, 6) is -0.211. The number of aromatic amines is 1. The van der Waals surface area contributed by atoms with E-state index < -0.39 is 0 Å². The number of nitrogens with zero attached hydrogens (tertiary/aromatic N) is 1. The fourth-order valence-corrected chi connectivity index (χ4v) is 2.94. The van der Waals surface area contributed by atoms with Crippen molar-refractivity contribution >= 4 is 11.0 Å². The number of benzene rings is 1. The minimum atomic E-state index is -0.211. The van der Waals surface area contributed by atoms with Gasteiger partial charge in [0.15, 0.2) is 0 Å². The van der Waals surface area contributed by atoms with E-state index in [9.17, 15) is 4.39 Å². The van der Waals surface area contributed by atoms with Gasteiger partial charge in [0.25, 0.3) is 0 Å². The number of nitrogens with one attached hydrogen (secondary N) is 2. The molecule has 0 radical (unpaired) electrons. The van der Waals surface area contributed by atoms with Gasteiger partial charge in [-0.05, 0) is 34.9 Å². The number of H-pyrrole nitrogens is 1. The van der Waals surface area contributed by atoms with E-state index in [0.717, 1.165) is 41.7 Å². The Bertz CT molecular complexity index is 774. The normalized spacial score (nSPS) is 14.4. The Hall–Kier alpha value is -2.20. The second kappa shape index (κ2) is 4.42. The van der Waals surface area contributed by atoms with Gasteiger partial charge >= 0.3 is 0 Å². The average Bonchev–Trinajstić information content (AvgIpc) is 2.86. The average molecular weight is 267 g/mol. The number of aromatic nitrogens is 2. The highest BCUT2D eigenvalue weighted by atomic mass is 19.1. The summed E-state index contributed by atoms with van der Waals surface area (Å²) in [5, 5.41) is 4.55. The van der Waals surface area contributed by atoms with Crippen LogP contribution in [0.2, 0.25) is 0 Å². The van der Waals surface area contributed by atoms with Gasteiger partial charge < -0.3 is 10.3 Å². The highest BCUT2D eigenvalue weighted by molar-refractivity contribution is 5.96. The summed E-state index contributed by atoms with van der Waals surface area (Å²) in [7, 11) is 0. The first kappa shape index (κ1) is 11.6. The third-order valence-electron chi connectivity index (χ3n) is 3.90. The maximum Gasteiger partial charge on any atom is 0.138 e. The molecule has 4 heteroatoms. The molecule has 0 fully saturated rings. The molecular formula is C16H14FN3. The summed E-state index contributed by atoms with van der Waals surface area (Å²) in [6.45, 7) is 1.85. The second-order valence-corrected chi connectivity index (χ2v) is 5.10. The molecule has 100 valence electrons. The Balaban J connectivity index is 1.99. The number of pyridine rings is 1. The molecule has 0 bridgehead atoms. The van der Waals surface area contributed by atoms with Crippen LogP contribution in [0.1, 0.15) is 11.3 Å². The molecule has 20 heavy (non-hydrogen) atoms. The standard InChI is InChI=1S/C16H14FN3/c17-11-3-1-10(2-4-11)12-5-8-19-16-15(12)13-9-18-7-6-14(13)20-16/h1-5,8,18H,6-7,9H2,(H,19,20). The molecule has 0 atom stereocenters. The van der Waals surface area contributed by atoms with E-state index >= 15 is 0 Å². The lowest BCUT2D eigenvalue weighted by atomic mass is 9.98. The van der Waals surface area contributed by atoms with Crippen LogP contribution in [-0.4, -0.2) is 16.5 Å². The van der Waals surface area contributed by atoms with Crippen LogP contribution in [-0.2, 0) is 13.0 Å². The Morgan fingerprint density at radius 3 is 2.80 bits per heavy atom. The maximum atomic E-state index is 13.1. The zero-order chi connectivity index (χ0) is 13.5. The van der Waals surface area contributed by atoms with Crippen LogP contribution in [0, 0.1) is 5.82 Å². The van der Waals surface area contributed by atoms with Crippen LogP contribution in [0.25, 0.3) is 22.2 Å². The zero-order valence-electron chi connectivity index (χ0n) is 10.9. The molecule has 2 N–H and O–H groups in total. The van der Waals surface area contributed by atoms with Gasteiger partial charge in [-0.25, -0.2) is 9.37 Å². The molecule has 1 aliphatic heterocycles. The van der Waals surface area contributed by atoms with Crippen LogP contribution in [0.5, 0.6) is 0 Å². The number of hydrogen-bond acceptors (Lipinski definition) is 2. The van der Waals surface area contributed by atoms with Crippen molar-refractivity contribution in [1.82, 2.24) is 15.3 Å². The molecule has 0 amide bonds. The molecule has 0 spiro atoms. The predicted octanol–water partition coefficient (Wildman–Crippen LogP) is 3.01. The summed E-state index contributed by atoms with van der Waals surface area (Å²) in [6.07, 6.45) is 2.80. The Labute approximate surface area is 115 Å². The van der Waals surface area contributed by atoms with Crippen molar-refractivity contribution in [1.29, 1.82) is 0 Å². The molecule has 1 aromatic carbocycles. The third kappa shape index (κ3) is 1.72. The molecule has 4 rings (SSSR count). The summed E-state index contributed by atoms with van der Waals surface area (Å²) in [4.78, 5) is 7.84. The van der Waals surface area contributed by atoms with Crippen molar-refractivity contribution in [3.8, 4) is 11.1 Å². The van der Waals surface area contributed by atoms with E-state index in [1.54, 1.807) is 6.20 Å². The molecule has 0 unspecified atom stereocenters. The summed E-state index contributed by atoms with van der Waals surface area (Å²) in [6, 6.07) is 8.63. The van der Waals surface area contributed by atoms with Crippen molar-refractivity contribution in [3.63, 3.8) is 0 Å². The summed E-state index contributed by atoms with van der Waals surface area (Å²) < 4.78 is 13.1. The van der Waals surface area contributed by atoms with E-state index in [4.69, 9.17) is 0 Å². The molecule has 1 aliphatic rings. The maximum absolute atomic E-state index is 13.1. The van der Waals surface area contributed by atoms with Crippen LogP contribution >= 0.6 is 0 Å². The van der Waals surface area contributed by atoms with Crippen LogP contribution in [0.15, 0.2) is 36.5 Å². The number of fused-ring (bicyclic) bond motifs is 3. The van der Waals surface area contributed by atoms with Gasteiger partial charge in [0.1, 0.15) is 11.5 Å². The lowest BCUT2D eigenvalue weighted by Gasteiger charge is -2.13. The first-order valence-electron chi connectivity index (χ1n) is 6.78. The highest BCUT2D eigenvalue weighted by Crippen LogP contribution is 2.33. The summed E-state index contributed by atoms with van der Waals surface area (Å²) >= 11 is 0. The topological polar surface area (TPSA) is 40.7 Å². The zero-order valence-corrected chi connectivity index (χ0v) is 10.9. The molecule has 2 aromatic heterocycles. The molecular weight excluding hydrogens is 253 g/mol. The van der Waals surface area contributed by atoms with Gasteiger partial charge in [0, 0.05) is 36.8 Å². The summed E-state index contributed by atoms with van der Waals surface area (Å²) in [5.41, 5.74) is 5.60. The van der Waals surface area contributed by atoms with Gasteiger partial charge in [0.05, 0.1) is 0 Å². The van der Waals surface area contributed by atoms with Gasteiger partial charge in [0.2, 0.25) is 0 Å². The quantitative estimate of drug-likeness (QED) is 0.711. The molecule has 3 heterocycles. The molecule has 3 aromatic rings. The van der Waals surface area contributed by atoms with Crippen LogP contribution in [0.3, 0.4) is 0 Å². The Morgan fingerprint density at radius 1 is 1.10 bits per heavy atom. The van der Waals surface area contributed by atoms with Crippen molar-refractivity contribution in [2.75, 3.05) is 6.54 Å². The van der Waals surface area contributed by atoms with Gasteiger partial charge in [-0.3, -0.25) is 0 Å². The van der Waals surface area contributed by atoms with Crippen LogP contribution < -0.4 is 5.32 Å². The van der Waals surface area contributed by atoms with E-state index in [-0.39, 0.29) is 5.82 Å². The number of rotatable bonds is 1. The first-order chi connectivity index (χ1) is 9.83. The molecule has 0 saturated heterocycles. The van der Waals surface area contributed by atoms with Gasteiger partial charge in [-0.1, -0.05) is 12.1 Å². The predicted molar refractivity (Wildman–Crippen MR) is 76.9 cm³/mol. The molecule has 3 nitrogen and oxygen atoms in total. The smallest absolute Gasteiger partial charge is 0.138 e. The second-order valence-electron chi connectivity index (χ2n) is 5.10. The molecule has 0 saturated carbocycles. The number of hydrogen-bond donors (Lipinski definition) is 2. The molecule has 0 aliphatic carbocycles. The van der Waals surface area contributed by atoms with Crippen molar-refractivity contribution in [3.05, 3.63) is 53.6 Å². The highest BCUT2D eigenvalue weighted by Gasteiger charge is 2.18. The van der Waals surface area contributed by atoms with Gasteiger partial charge in [-0.2, -0.15) is 0 Å². The van der Waals surface area contributed by atoms with Crippen molar-refractivity contribution in [2.24, 2.45) is 0 Å². The van der Waals surface area contributed by atoms with Crippen molar-refractivity contribution < 1.29 is 4.39 Å². The first-order valence-corrected chi connectivity index (χ1v) is 6.78. The number of halogens is 1. The Morgan fingerprint density at radius 2 is 1.95 bits per heavy atom. The van der Waals surface area contributed by atoms with Crippen molar-refractivity contribution in [2.45, 2.75) is 13.0 Å². The van der Waals surface area contributed by atoms with E-state index in [2.05, 4.69) is 15.3 Å². The minimum absolute atomic E-state index is 0.211. The third-order valence-corrected chi connectivity index (χ3v) is 3.90. The van der Waals surface area contributed by atoms with E-state index in [1.807, 2.05) is 18.2 Å². The Kier molecular flexibility index (Phi) is 2.57. The fourth-order valence-electron chi connectivity index (χ4n) is 2.94. The van der Waals surface area contributed by atoms with Gasteiger partial charge in [-0.15, -0.1) is 0 Å².